The molecule has 7 unspecified atom stereocenters. The fourth-order valence-electron chi connectivity index (χ4n) is 5.79. The molecule has 0 aromatic carbocycles. The Balaban J connectivity index is 1.86. The minimum absolute atomic E-state index is 0.0170. The summed E-state index contributed by atoms with van der Waals surface area (Å²) >= 11 is 0. The Morgan fingerprint density at radius 2 is 2.08 bits per heavy atom. The molecule has 7 atom stereocenters. The minimum Gasteiger partial charge on any atom is -0.481 e. The van der Waals surface area contributed by atoms with E-state index in [9.17, 15) is 24.9 Å². The van der Waals surface area contributed by atoms with Gasteiger partial charge in [0.1, 0.15) is 0 Å². The van der Waals surface area contributed by atoms with Crippen LogP contribution in [0.3, 0.4) is 0 Å². The second-order valence-electron chi connectivity index (χ2n) is 9.03. The molecule has 0 heterocycles. The molecule has 0 aromatic heterocycles. The first-order valence-electron chi connectivity index (χ1n) is 9.57. The van der Waals surface area contributed by atoms with Gasteiger partial charge in [0.25, 0.3) is 0 Å². The van der Waals surface area contributed by atoms with Gasteiger partial charge in [-0.1, -0.05) is 26.3 Å². The number of fused-ring (bicyclic) bond motifs is 2. The number of carboxylic acid groups (broad SMARTS) is 1. The average Bonchev–Trinajstić information content (AvgIpc) is 2.59. The molecule has 0 radical (unpaired) electrons. The maximum atomic E-state index is 12.8. The van der Waals surface area contributed by atoms with E-state index in [1.165, 1.54) is 6.08 Å². The van der Waals surface area contributed by atoms with Crippen molar-refractivity contribution in [3.63, 3.8) is 0 Å². The number of hydrogen-bond acceptors (Lipinski definition) is 5. The third kappa shape index (κ3) is 2.74. The van der Waals surface area contributed by atoms with Crippen LogP contribution in [0.4, 0.5) is 0 Å². The summed E-state index contributed by atoms with van der Waals surface area (Å²) in [5, 5.41) is 40.4. The third-order valence-corrected chi connectivity index (χ3v) is 7.58. The lowest BCUT2D eigenvalue weighted by molar-refractivity contribution is -0.227. The molecule has 6 heteroatoms. The van der Waals surface area contributed by atoms with Crippen molar-refractivity contribution in [1.29, 1.82) is 0 Å². The van der Waals surface area contributed by atoms with Gasteiger partial charge in [0, 0.05) is 10.8 Å². The van der Waals surface area contributed by atoms with Crippen LogP contribution < -0.4 is 0 Å². The van der Waals surface area contributed by atoms with Gasteiger partial charge in [0.05, 0.1) is 24.2 Å². The van der Waals surface area contributed by atoms with Crippen molar-refractivity contribution in [3.05, 3.63) is 12.2 Å². The molecule has 0 amide bonds. The van der Waals surface area contributed by atoms with Gasteiger partial charge in [-0.05, 0) is 50.0 Å². The number of hydrogen-bond donors (Lipinski definition) is 4. The van der Waals surface area contributed by atoms with E-state index in [2.05, 4.69) is 0 Å². The first-order chi connectivity index (χ1) is 12.1. The van der Waals surface area contributed by atoms with E-state index >= 15 is 0 Å². The molecule has 4 rings (SSSR count). The topological polar surface area (TPSA) is 115 Å². The summed E-state index contributed by atoms with van der Waals surface area (Å²) < 4.78 is 0. The number of aliphatic hydroxyl groups excluding tert-OH is 2. The summed E-state index contributed by atoms with van der Waals surface area (Å²) in [6.07, 6.45) is 5.64. The minimum atomic E-state index is -1.21. The standard InChI is InChI=1S/C20H30O6/c1-12(17(24)25)4-3-6-18(2)14-8-13-9-16(23)19(14,7-5-15(18)22)10-20(13,26)11-21/h5,7,12-14,16,21,23,26H,3-4,6,8-11H2,1-2H3,(H,24,25). The summed E-state index contributed by atoms with van der Waals surface area (Å²) in [6.45, 7) is 3.25. The van der Waals surface area contributed by atoms with Crippen molar-refractivity contribution in [2.75, 3.05) is 6.61 Å². The molecule has 3 fully saturated rings. The lowest BCUT2D eigenvalue weighted by Gasteiger charge is -2.64. The van der Waals surface area contributed by atoms with Crippen molar-refractivity contribution in [2.24, 2.45) is 28.6 Å². The van der Waals surface area contributed by atoms with Crippen LogP contribution in [-0.4, -0.2) is 50.5 Å². The predicted molar refractivity (Wildman–Crippen MR) is 94.2 cm³/mol. The van der Waals surface area contributed by atoms with Gasteiger partial charge >= 0.3 is 5.97 Å². The second kappa shape index (κ2) is 6.43. The second-order valence-corrected chi connectivity index (χ2v) is 9.03. The molecule has 6 nitrogen and oxygen atoms in total. The molecule has 0 saturated heterocycles. The van der Waals surface area contributed by atoms with Gasteiger partial charge in [-0.2, -0.15) is 0 Å². The molecule has 4 aliphatic carbocycles. The summed E-state index contributed by atoms with van der Waals surface area (Å²) in [6, 6.07) is 0. The Bertz CT molecular complexity index is 630. The maximum absolute atomic E-state index is 12.8. The highest BCUT2D eigenvalue weighted by atomic mass is 16.4. The Morgan fingerprint density at radius 3 is 2.69 bits per heavy atom. The zero-order valence-corrected chi connectivity index (χ0v) is 15.5. The van der Waals surface area contributed by atoms with E-state index in [1.807, 2.05) is 6.92 Å². The van der Waals surface area contributed by atoms with Gasteiger partial charge in [0.15, 0.2) is 5.78 Å². The van der Waals surface area contributed by atoms with E-state index < -0.39 is 34.4 Å². The number of carboxylic acids is 1. The molecule has 1 spiro atoms. The van der Waals surface area contributed by atoms with E-state index in [0.29, 0.717) is 32.1 Å². The van der Waals surface area contributed by atoms with Crippen molar-refractivity contribution in [2.45, 2.75) is 64.1 Å². The molecule has 26 heavy (non-hydrogen) atoms. The van der Waals surface area contributed by atoms with Gasteiger partial charge in [-0.25, -0.2) is 0 Å². The highest BCUT2D eigenvalue weighted by molar-refractivity contribution is 5.96. The lowest BCUT2D eigenvalue weighted by atomic mass is 9.41. The Hall–Kier alpha value is -1.24. The fraction of sp³-hybridized carbons (Fsp3) is 0.800. The van der Waals surface area contributed by atoms with Gasteiger partial charge in [0.2, 0.25) is 0 Å². The van der Waals surface area contributed by atoms with E-state index in [0.717, 1.165) is 0 Å². The predicted octanol–water partition coefficient (Wildman–Crippen LogP) is 1.52. The number of ketones is 1. The fourth-order valence-corrected chi connectivity index (χ4v) is 5.79. The number of allylic oxidation sites excluding steroid dienone is 1. The maximum Gasteiger partial charge on any atom is 0.306 e. The number of carbonyl (C=O) groups excluding carboxylic acids is 1. The highest BCUT2D eigenvalue weighted by Crippen LogP contribution is 2.65. The molecule has 0 aliphatic heterocycles. The van der Waals surface area contributed by atoms with Crippen LogP contribution in [0.25, 0.3) is 0 Å². The van der Waals surface area contributed by atoms with Crippen molar-refractivity contribution < 1.29 is 30.0 Å². The average molecular weight is 366 g/mol. The Labute approximate surface area is 153 Å². The zero-order chi connectivity index (χ0) is 19.3. The van der Waals surface area contributed by atoms with Gasteiger partial charge in [-0.15, -0.1) is 0 Å². The summed E-state index contributed by atoms with van der Waals surface area (Å²) in [5.74, 6) is -1.60. The Kier molecular flexibility index (Phi) is 4.83. The van der Waals surface area contributed by atoms with E-state index in [1.54, 1.807) is 13.0 Å². The smallest absolute Gasteiger partial charge is 0.306 e. The van der Waals surface area contributed by atoms with Gasteiger partial charge < -0.3 is 20.4 Å². The first-order valence-corrected chi connectivity index (χ1v) is 9.57. The van der Waals surface area contributed by atoms with Crippen LogP contribution in [0.15, 0.2) is 12.2 Å². The van der Waals surface area contributed by atoms with E-state index in [-0.39, 0.29) is 30.6 Å². The van der Waals surface area contributed by atoms with Crippen molar-refractivity contribution in [3.8, 4) is 0 Å². The van der Waals surface area contributed by atoms with Crippen molar-refractivity contribution in [1.82, 2.24) is 0 Å². The lowest BCUT2D eigenvalue weighted by Crippen LogP contribution is -2.67. The number of rotatable bonds is 6. The van der Waals surface area contributed by atoms with Crippen LogP contribution in [0.5, 0.6) is 0 Å². The zero-order valence-electron chi connectivity index (χ0n) is 15.5. The highest BCUT2D eigenvalue weighted by Gasteiger charge is 2.66. The number of aliphatic hydroxyl groups is 3. The molecule has 0 aromatic rings. The molecule has 2 bridgehead atoms. The largest absolute Gasteiger partial charge is 0.481 e. The molecule has 4 N–H and O–H groups in total. The van der Waals surface area contributed by atoms with Gasteiger partial charge in [-0.3, -0.25) is 9.59 Å². The summed E-state index contributed by atoms with van der Waals surface area (Å²) in [7, 11) is 0. The van der Waals surface area contributed by atoms with Crippen LogP contribution in [0.1, 0.15) is 52.4 Å². The monoisotopic (exact) mass is 366 g/mol. The third-order valence-electron chi connectivity index (χ3n) is 7.58. The SMILES string of the molecule is CC(CCCC1(C)C(=O)C=CC23CC(O)(CO)C(CC2O)CC13)C(=O)O. The summed E-state index contributed by atoms with van der Waals surface area (Å²) in [5.41, 5.74) is -2.59. The quantitative estimate of drug-likeness (QED) is 0.567. The van der Waals surface area contributed by atoms with Crippen LogP contribution in [0, 0.1) is 28.6 Å². The number of aliphatic carboxylic acids is 1. The normalized spacial score (nSPS) is 45.4. The summed E-state index contributed by atoms with van der Waals surface area (Å²) in [4.78, 5) is 23.8. The number of carbonyl (C=O) groups is 2. The Morgan fingerprint density at radius 1 is 1.38 bits per heavy atom. The molecule has 3 saturated carbocycles. The molecular weight excluding hydrogens is 336 g/mol. The molecule has 4 aliphatic rings. The van der Waals surface area contributed by atoms with Crippen LogP contribution in [0.2, 0.25) is 0 Å². The molecular formula is C20H30O6. The van der Waals surface area contributed by atoms with E-state index in [4.69, 9.17) is 5.11 Å². The van der Waals surface area contributed by atoms with Crippen LogP contribution >= 0.6 is 0 Å². The van der Waals surface area contributed by atoms with Crippen molar-refractivity contribution >= 4 is 11.8 Å². The first kappa shape index (κ1) is 19.5. The molecule has 146 valence electrons. The van der Waals surface area contributed by atoms with Crippen LogP contribution in [-0.2, 0) is 9.59 Å².